The molecule has 2 bridgehead atoms. The van der Waals surface area contributed by atoms with Gasteiger partial charge < -0.3 is 14.5 Å². The Labute approximate surface area is 136 Å². The molecule has 0 radical (unpaired) electrons. The van der Waals surface area contributed by atoms with Gasteiger partial charge in [-0.1, -0.05) is 6.42 Å². The quantitative estimate of drug-likeness (QED) is 0.846. The van der Waals surface area contributed by atoms with Crippen molar-refractivity contribution in [1.82, 2.24) is 14.9 Å². The molecule has 1 amide bonds. The number of ether oxygens (including phenoxy) is 1. The Bertz CT molecular complexity index is 590. The summed E-state index contributed by atoms with van der Waals surface area (Å²) in [5.74, 6) is 2.63. The zero-order valence-corrected chi connectivity index (χ0v) is 13.6. The van der Waals surface area contributed by atoms with Gasteiger partial charge in [-0.25, -0.2) is 9.97 Å². The van der Waals surface area contributed by atoms with Crippen molar-refractivity contribution in [1.29, 1.82) is 0 Å². The molecular formula is C17H24N4O2. The zero-order chi connectivity index (χ0) is 15.8. The average molecular weight is 316 g/mol. The summed E-state index contributed by atoms with van der Waals surface area (Å²) < 4.78 is 5.21. The molecule has 4 fully saturated rings. The van der Waals surface area contributed by atoms with Gasteiger partial charge in [-0.2, -0.15) is 0 Å². The van der Waals surface area contributed by atoms with Gasteiger partial charge in [0, 0.05) is 31.7 Å². The maximum Gasteiger partial charge on any atom is 0.227 e. The van der Waals surface area contributed by atoms with Crippen molar-refractivity contribution >= 4 is 11.7 Å². The molecule has 1 aromatic heterocycles. The molecule has 3 saturated heterocycles. The van der Waals surface area contributed by atoms with Crippen molar-refractivity contribution in [2.24, 2.45) is 11.8 Å². The van der Waals surface area contributed by atoms with Crippen molar-refractivity contribution in [2.75, 3.05) is 31.6 Å². The van der Waals surface area contributed by atoms with Crippen LogP contribution in [-0.2, 0) is 4.79 Å². The molecule has 0 aromatic carbocycles. The molecular weight excluding hydrogens is 292 g/mol. The highest BCUT2D eigenvalue weighted by molar-refractivity contribution is 5.81. The monoisotopic (exact) mass is 316 g/mol. The van der Waals surface area contributed by atoms with E-state index in [-0.39, 0.29) is 5.92 Å². The van der Waals surface area contributed by atoms with Gasteiger partial charge in [-0.15, -0.1) is 0 Å². The van der Waals surface area contributed by atoms with E-state index in [1.807, 2.05) is 6.07 Å². The molecule has 124 valence electrons. The molecule has 23 heavy (non-hydrogen) atoms. The van der Waals surface area contributed by atoms with Crippen LogP contribution < -0.4 is 9.64 Å². The highest BCUT2D eigenvalue weighted by Crippen LogP contribution is 2.35. The van der Waals surface area contributed by atoms with E-state index in [0.29, 0.717) is 17.8 Å². The van der Waals surface area contributed by atoms with E-state index in [4.69, 9.17) is 4.74 Å². The molecule has 1 aromatic rings. The fraction of sp³-hybridized carbons (Fsp3) is 0.706. The number of carbonyl (C=O) groups excluding carboxylic acids is 1. The van der Waals surface area contributed by atoms with Gasteiger partial charge in [0.05, 0.1) is 13.0 Å². The standard InChI is InChI=1S/C17H24N4O2/c1-23-16-7-15(18-11-19-16)20-9-13-5-6-14(10-20)21(17(13)22)8-12-3-2-4-12/h7,11-14H,2-6,8-10H2,1H3/t13-,14+/m0/s1. The van der Waals surface area contributed by atoms with E-state index in [9.17, 15) is 4.79 Å². The molecule has 2 atom stereocenters. The largest absolute Gasteiger partial charge is 0.481 e. The highest BCUT2D eigenvalue weighted by atomic mass is 16.5. The number of hydrogen-bond acceptors (Lipinski definition) is 5. The summed E-state index contributed by atoms with van der Waals surface area (Å²) in [6.07, 6.45) is 7.55. The van der Waals surface area contributed by atoms with Gasteiger partial charge in [-0.05, 0) is 31.6 Å². The predicted octanol–water partition coefficient (Wildman–Crippen LogP) is 1.71. The van der Waals surface area contributed by atoms with Crippen LogP contribution in [0.25, 0.3) is 0 Å². The number of hydrogen-bond donors (Lipinski definition) is 0. The Kier molecular flexibility index (Phi) is 3.83. The summed E-state index contributed by atoms with van der Waals surface area (Å²) >= 11 is 0. The van der Waals surface area contributed by atoms with Gasteiger partial charge in [0.15, 0.2) is 0 Å². The summed E-state index contributed by atoms with van der Waals surface area (Å²) in [7, 11) is 1.61. The summed E-state index contributed by atoms with van der Waals surface area (Å²) in [4.78, 5) is 25.7. The lowest BCUT2D eigenvalue weighted by Crippen LogP contribution is -2.50. The Hall–Kier alpha value is -1.85. The molecule has 0 unspecified atom stereocenters. The first-order chi connectivity index (χ1) is 11.2. The van der Waals surface area contributed by atoms with Crippen LogP contribution in [0.3, 0.4) is 0 Å². The molecule has 0 N–H and O–H groups in total. The third-order valence-corrected chi connectivity index (χ3v) is 5.63. The van der Waals surface area contributed by atoms with Crippen LogP contribution in [0.1, 0.15) is 32.1 Å². The topological polar surface area (TPSA) is 58.6 Å². The first kappa shape index (κ1) is 14.7. The van der Waals surface area contributed by atoms with Gasteiger partial charge in [-0.3, -0.25) is 4.79 Å². The van der Waals surface area contributed by atoms with E-state index in [1.54, 1.807) is 7.11 Å². The molecule has 1 saturated carbocycles. The summed E-state index contributed by atoms with van der Waals surface area (Å²) in [5.41, 5.74) is 0. The molecule has 6 heteroatoms. The van der Waals surface area contributed by atoms with Crippen LogP contribution in [-0.4, -0.2) is 53.6 Å². The van der Waals surface area contributed by atoms with Crippen LogP contribution in [0.4, 0.5) is 5.82 Å². The first-order valence-electron chi connectivity index (χ1n) is 8.66. The van der Waals surface area contributed by atoms with E-state index in [2.05, 4.69) is 19.8 Å². The zero-order valence-electron chi connectivity index (χ0n) is 13.6. The van der Waals surface area contributed by atoms with Crippen molar-refractivity contribution in [3.05, 3.63) is 12.4 Å². The minimum Gasteiger partial charge on any atom is -0.481 e. The molecule has 0 spiro atoms. The van der Waals surface area contributed by atoms with Crippen molar-refractivity contribution < 1.29 is 9.53 Å². The van der Waals surface area contributed by atoms with Gasteiger partial charge in [0.25, 0.3) is 0 Å². The fourth-order valence-electron chi connectivity index (χ4n) is 4.04. The number of amides is 1. The Morgan fingerprint density at radius 2 is 2.09 bits per heavy atom. The smallest absolute Gasteiger partial charge is 0.227 e. The number of piperidine rings is 1. The number of carbonyl (C=O) groups is 1. The molecule has 4 aliphatic rings. The van der Waals surface area contributed by atoms with Crippen LogP contribution in [0, 0.1) is 11.8 Å². The molecule has 4 heterocycles. The summed E-state index contributed by atoms with van der Waals surface area (Å²) in [6, 6.07) is 2.19. The van der Waals surface area contributed by atoms with Crippen molar-refractivity contribution in [3.8, 4) is 5.88 Å². The molecule has 5 rings (SSSR count). The number of methoxy groups -OCH3 is 1. The lowest BCUT2D eigenvalue weighted by atomic mass is 9.83. The van der Waals surface area contributed by atoms with Gasteiger partial charge in [0.2, 0.25) is 11.8 Å². The highest BCUT2D eigenvalue weighted by Gasteiger charge is 2.42. The second-order valence-corrected chi connectivity index (χ2v) is 7.04. The Balaban J connectivity index is 1.55. The number of anilines is 1. The number of aromatic nitrogens is 2. The van der Waals surface area contributed by atoms with E-state index in [0.717, 1.165) is 44.2 Å². The van der Waals surface area contributed by atoms with Crippen LogP contribution in [0.5, 0.6) is 5.88 Å². The average Bonchev–Trinajstić information content (AvgIpc) is 2.83. The second-order valence-electron chi connectivity index (χ2n) is 7.04. The van der Waals surface area contributed by atoms with E-state index >= 15 is 0 Å². The summed E-state index contributed by atoms with van der Waals surface area (Å²) in [5, 5.41) is 0. The number of rotatable bonds is 4. The van der Waals surface area contributed by atoms with Crippen LogP contribution >= 0.6 is 0 Å². The Morgan fingerprint density at radius 1 is 1.22 bits per heavy atom. The Morgan fingerprint density at radius 3 is 2.83 bits per heavy atom. The van der Waals surface area contributed by atoms with E-state index < -0.39 is 0 Å². The van der Waals surface area contributed by atoms with Crippen LogP contribution in [0.2, 0.25) is 0 Å². The maximum atomic E-state index is 12.8. The van der Waals surface area contributed by atoms with Gasteiger partial charge >= 0.3 is 0 Å². The normalized spacial score (nSPS) is 27.8. The summed E-state index contributed by atoms with van der Waals surface area (Å²) in [6.45, 7) is 2.59. The van der Waals surface area contributed by atoms with Crippen LogP contribution in [0.15, 0.2) is 12.4 Å². The van der Waals surface area contributed by atoms with Crippen molar-refractivity contribution in [3.63, 3.8) is 0 Å². The fourth-order valence-corrected chi connectivity index (χ4v) is 4.04. The third-order valence-electron chi connectivity index (χ3n) is 5.63. The van der Waals surface area contributed by atoms with Gasteiger partial charge in [0.1, 0.15) is 12.1 Å². The van der Waals surface area contributed by atoms with Crippen molar-refractivity contribution in [2.45, 2.75) is 38.1 Å². The first-order valence-corrected chi connectivity index (χ1v) is 8.66. The molecule has 3 aliphatic heterocycles. The second kappa shape index (κ2) is 5.98. The lowest BCUT2D eigenvalue weighted by molar-refractivity contribution is -0.141. The van der Waals surface area contributed by atoms with E-state index in [1.165, 1.54) is 25.6 Å². The third kappa shape index (κ3) is 2.75. The number of nitrogens with zero attached hydrogens (tertiary/aromatic N) is 4. The predicted molar refractivity (Wildman–Crippen MR) is 86.4 cm³/mol. The molecule has 1 aliphatic carbocycles. The lowest BCUT2D eigenvalue weighted by Gasteiger charge is -2.40. The number of fused-ring (bicyclic) bond motifs is 4. The minimum absolute atomic E-state index is 0.106. The molecule has 6 nitrogen and oxygen atoms in total. The SMILES string of the molecule is COc1cc(N2C[C@@H]3CC[C@H](C2)N(CC2CCC2)C3=O)ncn1. The minimum atomic E-state index is 0.106. The maximum absolute atomic E-state index is 12.8.